The van der Waals surface area contributed by atoms with E-state index in [1.54, 1.807) is 0 Å². The van der Waals surface area contributed by atoms with Crippen LogP contribution in [0.3, 0.4) is 0 Å². The molecule has 0 saturated heterocycles. The van der Waals surface area contributed by atoms with Gasteiger partial charge >= 0.3 is 0 Å². The largest absolute Gasteiger partial charge is 0.313 e. The Morgan fingerprint density at radius 1 is 1.20 bits per heavy atom. The second-order valence-electron chi connectivity index (χ2n) is 4.34. The van der Waals surface area contributed by atoms with Gasteiger partial charge in [0.15, 0.2) is 0 Å². The molecule has 1 aromatic rings. The van der Waals surface area contributed by atoms with Crippen LogP contribution in [0.15, 0.2) is 28.7 Å². The summed E-state index contributed by atoms with van der Waals surface area (Å²) >= 11 is 3.43. The molecule has 0 bridgehead atoms. The first-order chi connectivity index (χ1) is 7.18. The fraction of sp³-hybridized carbons (Fsp3) is 0.538. The highest BCUT2D eigenvalue weighted by molar-refractivity contribution is 9.10. The smallest absolute Gasteiger partial charge is 0.0205 e. The molecule has 2 heteroatoms. The minimum absolute atomic E-state index is 0.819. The zero-order valence-electron chi connectivity index (χ0n) is 9.59. The molecule has 0 aliphatic rings. The normalized spacial score (nSPS) is 10.9. The molecule has 0 fully saturated rings. The number of hydrogen-bond donors (Lipinski definition) is 1. The van der Waals surface area contributed by atoms with Gasteiger partial charge in [-0.3, -0.25) is 0 Å². The molecular weight excluding hydrogens is 250 g/mol. The lowest BCUT2D eigenvalue weighted by Crippen LogP contribution is -2.15. The van der Waals surface area contributed by atoms with Crippen LogP contribution >= 0.6 is 15.9 Å². The monoisotopic (exact) mass is 269 g/mol. The molecule has 0 spiro atoms. The van der Waals surface area contributed by atoms with E-state index in [2.05, 4.69) is 59.4 Å². The van der Waals surface area contributed by atoms with Crippen LogP contribution in [-0.4, -0.2) is 6.54 Å². The predicted molar refractivity (Wildman–Crippen MR) is 69.9 cm³/mol. The third kappa shape index (κ3) is 5.95. The minimum atomic E-state index is 0.819. The maximum atomic E-state index is 3.46. The van der Waals surface area contributed by atoms with Crippen molar-refractivity contribution in [1.82, 2.24) is 5.32 Å². The topological polar surface area (TPSA) is 12.0 Å². The first-order valence-corrected chi connectivity index (χ1v) is 6.43. The maximum Gasteiger partial charge on any atom is 0.0205 e. The standard InChI is InChI=1S/C13H20BrN/c1-11(2)4-3-9-15-10-12-5-7-13(14)8-6-12/h5-8,11,15H,3-4,9-10H2,1-2H3. The summed E-state index contributed by atoms with van der Waals surface area (Å²) < 4.78 is 1.14. The van der Waals surface area contributed by atoms with Crippen molar-refractivity contribution < 1.29 is 0 Å². The van der Waals surface area contributed by atoms with Crippen LogP contribution in [0, 0.1) is 5.92 Å². The second-order valence-corrected chi connectivity index (χ2v) is 5.25. The van der Waals surface area contributed by atoms with Crippen molar-refractivity contribution in [1.29, 1.82) is 0 Å². The van der Waals surface area contributed by atoms with E-state index in [0.29, 0.717) is 0 Å². The Hall–Kier alpha value is -0.340. The van der Waals surface area contributed by atoms with Crippen molar-refractivity contribution in [2.24, 2.45) is 5.92 Å². The van der Waals surface area contributed by atoms with Gasteiger partial charge in [0.1, 0.15) is 0 Å². The zero-order chi connectivity index (χ0) is 11.1. The predicted octanol–water partition coefficient (Wildman–Crippen LogP) is 3.97. The number of halogens is 1. The lowest BCUT2D eigenvalue weighted by molar-refractivity contribution is 0.527. The molecule has 1 N–H and O–H groups in total. The molecular formula is C13H20BrN. The third-order valence-corrected chi connectivity index (χ3v) is 2.91. The minimum Gasteiger partial charge on any atom is -0.313 e. The van der Waals surface area contributed by atoms with Crippen LogP contribution in [0.25, 0.3) is 0 Å². The Morgan fingerprint density at radius 3 is 2.47 bits per heavy atom. The summed E-state index contributed by atoms with van der Waals surface area (Å²) in [6, 6.07) is 8.48. The van der Waals surface area contributed by atoms with E-state index >= 15 is 0 Å². The van der Waals surface area contributed by atoms with E-state index in [1.807, 2.05) is 0 Å². The van der Waals surface area contributed by atoms with Gasteiger partial charge in [-0.05, 0) is 43.0 Å². The van der Waals surface area contributed by atoms with Gasteiger partial charge in [0.05, 0.1) is 0 Å². The van der Waals surface area contributed by atoms with Crippen molar-refractivity contribution in [3.8, 4) is 0 Å². The lowest BCUT2D eigenvalue weighted by Gasteiger charge is -2.06. The molecule has 1 nitrogen and oxygen atoms in total. The molecule has 1 aromatic carbocycles. The van der Waals surface area contributed by atoms with Crippen LogP contribution < -0.4 is 5.32 Å². The first-order valence-electron chi connectivity index (χ1n) is 5.63. The van der Waals surface area contributed by atoms with Gasteiger partial charge in [-0.2, -0.15) is 0 Å². The molecule has 0 amide bonds. The Kier molecular flexibility index (Phi) is 5.96. The van der Waals surface area contributed by atoms with E-state index in [9.17, 15) is 0 Å². The Balaban J connectivity index is 2.12. The van der Waals surface area contributed by atoms with Gasteiger partial charge < -0.3 is 5.32 Å². The summed E-state index contributed by atoms with van der Waals surface area (Å²) in [5.74, 6) is 0.819. The second kappa shape index (κ2) is 7.02. The van der Waals surface area contributed by atoms with E-state index in [4.69, 9.17) is 0 Å². The molecule has 0 aliphatic carbocycles. The van der Waals surface area contributed by atoms with E-state index in [1.165, 1.54) is 18.4 Å². The van der Waals surface area contributed by atoms with Gasteiger partial charge in [-0.25, -0.2) is 0 Å². The van der Waals surface area contributed by atoms with Crippen molar-refractivity contribution in [3.63, 3.8) is 0 Å². The first kappa shape index (κ1) is 12.7. The molecule has 0 heterocycles. The molecule has 1 rings (SSSR count). The lowest BCUT2D eigenvalue weighted by atomic mass is 10.1. The Bertz CT molecular complexity index is 266. The van der Waals surface area contributed by atoms with Gasteiger partial charge in [0.25, 0.3) is 0 Å². The molecule has 15 heavy (non-hydrogen) atoms. The number of nitrogens with one attached hydrogen (secondary N) is 1. The SMILES string of the molecule is CC(C)CCCNCc1ccc(Br)cc1. The fourth-order valence-electron chi connectivity index (χ4n) is 1.47. The fourth-order valence-corrected chi connectivity index (χ4v) is 1.73. The summed E-state index contributed by atoms with van der Waals surface area (Å²) in [6.07, 6.45) is 2.58. The van der Waals surface area contributed by atoms with E-state index < -0.39 is 0 Å². The van der Waals surface area contributed by atoms with Gasteiger partial charge in [0.2, 0.25) is 0 Å². The molecule has 0 aliphatic heterocycles. The summed E-state index contributed by atoms with van der Waals surface area (Å²) in [7, 11) is 0. The molecule has 0 radical (unpaired) electrons. The average Bonchev–Trinajstić information content (AvgIpc) is 2.20. The average molecular weight is 270 g/mol. The zero-order valence-corrected chi connectivity index (χ0v) is 11.2. The summed E-state index contributed by atoms with van der Waals surface area (Å²) in [5, 5.41) is 3.46. The highest BCUT2D eigenvalue weighted by Crippen LogP contribution is 2.10. The highest BCUT2D eigenvalue weighted by atomic mass is 79.9. The quantitative estimate of drug-likeness (QED) is 0.771. The number of rotatable bonds is 6. The summed E-state index contributed by atoms with van der Waals surface area (Å²) in [6.45, 7) is 6.64. The summed E-state index contributed by atoms with van der Waals surface area (Å²) in [5.41, 5.74) is 1.35. The van der Waals surface area contributed by atoms with Crippen LogP contribution in [0.4, 0.5) is 0 Å². The van der Waals surface area contributed by atoms with Crippen LogP contribution in [-0.2, 0) is 6.54 Å². The summed E-state index contributed by atoms with van der Waals surface area (Å²) in [4.78, 5) is 0. The van der Waals surface area contributed by atoms with Crippen molar-refractivity contribution >= 4 is 15.9 Å². The number of benzene rings is 1. The molecule has 84 valence electrons. The van der Waals surface area contributed by atoms with Crippen molar-refractivity contribution in [2.75, 3.05) is 6.54 Å². The van der Waals surface area contributed by atoms with Crippen molar-refractivity contribution in [2.45, 2.75) is 33.2 Å². The van der Waals surface area contributed by atoms with Crippen LogP contribution in [0.1, 0.15) is 32.3 Å². The molecule has 0 atom stereocenters. The molecule has 0 aromatic heterocycles. The highest BCUT2D eigenvalue weighted by Gasteiger charge is 1.95. The van der Waals surface area contributed by atoms with E-state index in [-0.39, 0.29) is 0 Å². The third-order valence-electron chi connectivity index (χ3n) is 2.38. The molecule has 0 unspecified atom stereocenters. The van der Waals surface area contributed by atoms with Crippen LogP contribution in [0.5, 0.6) is 0 Å². The maximum absolute atomic E-state index is 3.46. The Morgan fingerprint density at radius 2 is 1.87 bits per heavy atom. The van der Waals surface area contributed by atoms with Crippen LogP contribution in [0.2, 0.25) is 0 Å². The Labute approximate surface area is 101 Å². The van der Waals surface area contributed by atoms with Gasteiger partial charge in [0, 0.05) is 11.0 Å². The van der Waals surface area contributed by atoms with Gasteiger partial charge in [-0.1, -0.05) is 41.9 Å². The molecule has 0 saturated carbocycles. The van der Waals surface area contributed by atoms with Gasteiger partial charge in [-0.15, -0.1) is 0 Å². The number of hydrogen-bond acceptors (Lipinski definition) is 1. The van der Waals surface area contributed by atoms with Crippen molar-refractivity contribution in [3.05, 3.63) is 34.3 Å². The van der Waals surface area contributed by atoms with E-state index in [0.717, 1.165) is 23.5 Å².